The molecular weight excluding hydrogens is 278 g/mol. The molecule has 0 spiro atoms. The summed E-state index contributed by atoms with van der Waals surface area (Å²) in [7, 11) is -3.28. The van der Waals surface area contributed by atoms with E-state index < -0.39 is 10.2 Å². The van der Waals surface area contributed by atoms with Crippen LogP contribution in [0.25, 0.3) is 0 Å². The molecule has 7 heteroatoms. The van der Waals surface area contributed by atoms with Gasteiger partial charge in [0.05, 0.1) is 13.2 Å². The molecule has 0 aromatic rings. The average Bonchev–Trinajstić information content (AvgIpc) is 2.45. The van der Waals surface area contributed by atoms with E-state index in [4.69, 9.17) is 4.74 Å². The predicted octanol–water partition coefficient (Wildman–Crippen LogP) is 0.275. The molecule has 2 aliphatic heterocycles. The number of ether oxygens (including phenoxy) is 1. The molecule has 2 heterocycles. The summed E-state index contributed by atoms with van der Waals surface area (Å²) in [6, 6.07) is 0. The quantitative estimate of drug-likeness (QED) is 0.716. The van der Waals surface area contributed by atoms with Gasteiger partial charge < -0.3 is 4.74 Å². The summed E-state index contributed by atoms with van der Waals surface area (Å²) < 4.78 is 33.9. The molecule has 2 aliphatic rings. The third kappa shape index (κ3) is 4.96. The lowest BCUT2D eigenvalue weighted by Gasteiger charge is -2.30. The predicted molar refractivity (Wildman–Crippen MR) is 78.8 cm³/mol. The van der Waals surface area contributed by atoms with Gasteiger partial charge in [-0.05, 0) is 31.7 Å². The average molecular weight is 305 g/mol. The number of rotatable bonds is 6. The van der Waals surface area contributed by atoms with Gasteiger partial charge in [0.1, 0.15) is 0 Å². The summed E-state index contributed by atoms with van der Waals surface area (Å²) in [5, 5.41) is 0. The second-order valence-corrected chi connectivity index (χ2v) is 7.57. The molecule has 20 heavy (non-hydrogen) atoms. The molecule has 0 aromatic carbocycles. The molecule has 2 saturated heterocycles. The zero-order chi connectivity index (χ0) is 14.4. The van der Waals surface area contributed by atoms with E-state index in [1.54, 1.807) is 4.31 Å². The minimum absolute atomic E-state index is 0.466. The Balaban J connectivity index is 1.66. The third-order valence-corrected chi connectivity index (χ3v) is 5.58. The molecule has 0 saturated carbocycles. The van der Waals surface area contributed by atoms with Crippen molar-refractivity contribution in [1.82, 2.24) is 13.9 Å². The Labute approximate surface area is 122 Å². The maximum atomic E-state index is 12.2. The van der Waals surface area contributed by atoms with Gasteiger partial charge in [-0.1, -0.05) is 6.92 Å². The maximum Gasteiger partial charge on any atom is 0.279 e. The van der Waals surface area contributed by atoms with E-state index in [2.05, 4.69) is 16.5 Å². The van der Waals surface area contributed by atoms with Crippen LogP contribution in [0, 0.1) is 5.92 Å². The first kappa shape index (κ1) is 16.2. The van der Waals surface area contributed by atoms with E-state index in [9.17, 15) is 8.42 Å². The molecule has 2 fully saturated rings. The number of nitrogens with one attached hydrogen (secondary N) is 1. The van der Waals surface area contributed by atoms with Crippen LogP contribution in [0.4, 0.5) is 0 Å². The Morgan fingerprint density at radius 3 is 2.70 bits per heavy atom. The van der Waals surface area contributed by atoms with Gasteiger partial charge in [0.25, 0.3) is 10.2 Å². The summed E-state index contributed by atoms with van der Waals surface area (Å²) in [6.07, 6.45) is 2.95. The number of morpholine rings is 1. The standard InChI is InChI=1S/C13H27N3O3S/c1-13-4-2-7-16(12-13)20(17,18)14-5-3-6-15-8-10-19-11-9-15/h13-14H,2-12H2,1H3. The van der Waals surface area contributed by atoms with Gasteiger partial charge in [-0.2, -0.15) is 12.7 Å². The Morgan fingerprint density at radius 2 is 2.00 bits per heavy atom. The first-order valence-electron chi connectivity index (χ1n) is 7.63. The molecule has 0 aromatic heterocycles. The largest absolute Gasteiger partial charge is 0.379 e. The smallest absolute Gasteiger partial charge is 0.279 e. The van der Waals surface area contributed by atoms with Crippen molar-refractivity contribution >= 4 is 10.2 Å². The van der Waals surface area contributed by atoms with Crippen LogP contribution in [0.5, 0.6) is 0 Å². The Hall–Kier alpha value is -0.210. The summed E-state index contributed by atoms with van der Waals surface area (Å²) in [5.41, 5.74) is 0. The van der Waals surface area contributed by atoms with E-state index in [0.29, 0.717) is 25.6 Å². The highest BCUT2D eigenvalue weighted by molar-refractivity contribution is 7.87. The van der Waals surface area contributed by atoms with Gasteiger partial charge in [-0.3, -0.25) is 4.90 Å². The van der Waals surface area contributed by atoms with E-state index in [1.807, 2.05) is 0 Å². The summed E-state index contributed by atoms with van der Waals surface area (Å²) in [4.78, 5) is 2.32. The van der Waals surface area contributed by atoms with Crippen LogP contribution in [0.1, 0.15) is 26.2 Å². The van der Waals surface area contributed by atoms with Crippen molar-refractivity contribution in [1.29, 1.82) is 0 Å². The van der Waals surface area contributed by atoms with Gasteiger partial charge in [0, 0.05) is 32.7 Å². The molecular formula is C13H27N3O3S. The molecule has 0 bridgehead atoms. The number of piperidine rings is 1. The fraction of sp³-hybridized carbons (Fsp3) is 1.00. The molecule has 2 rings (SSSR count). The van der Waals surface area contributed by atoms with Crippen LogP contribution >= 0.6 is 0 Å². The van der Waals surface area contributed by atoms with Crippen molar-refractivity contribution in [3.8, 4) is 0 Å². The van der Waals surface area contributed by atoms with Crippen LogP contribution in [0.3, 0.4) is 0 Å². The van der Waals surface area contributed by atoms with Crippen molar-refractivity contribution in [2.75, 3.05) is 52.5 Å². The molecule has 6 nitrogen and oxygen atoms in total. The number of hydrogen-bond acceptors (Lipinski definition) is 4. The monoisotopic (exact) mass is 305 g/mol. The SMILES string of the molecule is CC1CCCN(S(=O)(=O)NCCCN2CCOCC2)C1. The molecule has 1 atom stereocenters. The lowest BCUT2D eigenvalue weighted by Crippen LogP contribution is -2.46. The molecule has 0 radical (unpaired) electrons. The minimum atomic E-state index is -3.28. The Bertz CT molecular complexity index is 382. The minimum Gasteiger partial charge on any atom is -0.379 e. The van der Waals surface area contributed by atoms with Gasteiger partial charge in [0.2, 0.25) is 0 Å². The van der Waals surface area contributed by atoms with Crippen LogP contribution in [0.15, 0.2) is 0 Å². The first-order valence-corrected chi connectivity index (χ1v) is 9.07. The fourth-order valence-corrected chi connectivity index (χ4v) is 4.19. The van der Waals surface area contributed by atoms with Crippen molar-refractivity contribution < 1.29 is 13.2 Å². The van der Waals surface area contributed by atoms with E-state index in [1.165, 1.54) is 0 Å². The number of hydrogen-bond donors (Lipinski definition) is 1. The van der Waals surface area contributed by atoms with Crippen LogP contribution in [0.2, 0.25) is 0 Å². The van der Waals surface area contributed by atoms with E-state index >= 15 is 0 Å². The van der Waals surface area contributed by atoms with Crippen molar-refractivity contribution in [2.24, 2.45) is 5.92 Å². The highest BCUT2D eigenvalue weighted by Crippen LogP contribution is 2.17. The van der Waals surface area contributed by atoms with Gasteiger partial charge in [-0.25, -0.2) is 4.72 Å². The van der Waals surface area contributed by atoms with Gasteiger partial charge in [-0.15, -0.1) is 0 Å². The highest BCUT2D eigenvalue weighted by atomic mass is 32.2. The van der Waals surface area contributed by atoms with Gasteiger partial charge in [0.15, 0.2) is 0 Å². The summed E-state index contributed by atoms with van der Waals surface area (Å²) in [5.74, 6) is 0.466. The molecule has 118 valence electrons. The van der Waals surface area contributed by atoms with E-state index in [0.717, 1.165) is 52.1 Å². The highest BCUT2D eigenvalue weighted by Gasteiger charge is 2.26. The lowest BCUT2D eigenvalue weighted by atomic mass is 10.0. The molecule has 1 unspecified atom stereocenters. The summed E-state index contributed by atoms with van der Waals surface area (Å²) in [6.45, 7) is 8.36. The van der Waals surface area contributed by atoms with Crippen molar-refractivity contribution in [3.05, 3.63) is 0 Å². The second-order valence-electron chi connectivity index (χ2n) is 5.81. The maximum absolute atomic E-state index is 12.2. The Kier molecular flexibility index (Phi) is 6.22. The van der Waals surface area contributed by atoms with Gasteiger partial charge >= 0.3 is 0 Å². The van der Waals surface area contributed by atoms with Crippen molar-refractivity contribution in [3.63, 3.8) is 0 Å². The van der Waals surface area contributed by atoms with E-state index in [-0.39, 0.29) is 0 Å². The second kappa shape index (κ2) is 7.70. The van der Waals surface area contributed by atoms with Crippen LogP contribution in [-0.2, 0) is 14.9 Å². The topological polar surface area (TPSA) is 61.9 Å². The number of nitrogens with zero attached hydrogens (tertiary/aromatic N) is 2. The van der Waals surface area contributed by atoms with Crippen LogP contribution < -0.4 is 4.72 Å². The molecule has 0 amide bonds. The first-order chi connectivity index (χ1) is 9.58. The molecule has 0 aliphatic carbocycles. The van der Waals surface area contributed by atoms with Crippen molar-refractivity contribution in [2.45, 2.75) is 26.2 Å². The fourth-order valence-electron chi connectivity index (χ4n) is 2.78. The third-order valence-electron chi connectivity index (χ3n) is 4.00. The zero-order valence-corrected chi connectivity index (χ0v) is 13.2. The lowest BCUT2D eigenvalue weighted by molar-refractivity contribution is 0.0376. The Morgan fingerprint density at radius 1 is 1.25 bits per heavy atom. The van der Waals surface area contributed by atoms with Crippen LogP contribution in [-0.4, -0.2) is 70.1 Å². The molecule has 1 N–H and O–H groups in total. The summed E-state index contributed by atoms with van der Waals surface area (Å²) >= 11 is 0. The normalized spacial score (nSPS) is 26.8. The zero-order valence-electron chi connectivity index (χ0n) is 12.4.